The quantitative estimate of drug-likeness (QED) is 0.818. The van der Waals surface area contributed by atoms with Gasteiger partial charge < -0.3 is 15.0 Å². The van der Waals surface area contributed by atoms with Gasteiger partial charge in [0, 0.05) is 18.6 Å². The van der Waals surface area contributed by atoms with E-state index in [1.165, 1.54) is 12.8 Å². The molecule has 4 nitrogen and oxygen atoms in total. The number of carbonyl (C=O) groups is 1. The molecular formula is C13H24N2O2. The Morgan fingerprint density at radius 3 is 2.53 bits per heavy atom. The van der Waals surface area contributed by atoms with Crippen LogP contribution in [-0.4, -0.2) is 41.8 Å². The molecule has 1 atom stereocenters. The Bertz CT molecular complexity index is 282. The Kier molecular flexibility index (Phi) is 3.61. The topological polar surface area (TPSA) is 41.6 Å². The maximum atomic E-state index is 11.8. The highest BCUT2D eigenvalue weighted by atomic mass is 16.6. The maximum Gasteiger partial charge on any atom is 0.410 e. The van der Waals surface area contributed by atoms with Crippen LogP contribution in [0.5, 0.6) is 0 Å². The van der Waals surface area contributed by atoms with Gasteiger partial charge in [-0.15, -0.1) is 0 Å². The molecule has 1 N–H and O–H groups in total. The zero-order valence-electron chi connectivity index (χ0n) is 11.2. The number of nitrogens with zero attached hydrogens (tertiary/aromatic N) is 1. The molecule has 0 spiro atoms. The number of likely N-dealkylation sites (tertiary alicyclic amines) is 1. The fourth-order valence-electron chi connectivity index (χ4n) is 2.04. The van der Waals surface area contributed by atoms with Gasteiger partial charge in [0.15, 0.2) is 0 Å². The molecule has 2 fully saturated rings. The smallest absolute Gasteiger partial charge is 0.410 e. The highest BCUT2D eigenvalue weighted by Gasteiger charge is 2.35. The summed E-state index contributed by atoms with van der Waals surface area (Å²) in [6.45, 7) is 7.61. The first-order valence-corrected chi connectivity index (χ1v) is 6.69. The lowest BCUT2D eigenvalue weighted by molar-refractivity contribution is -0.00650. The molecule has 1 amide bonds. The summed E-state index contributed by atoms with van der Waals surface area (Å²) >= 11 is 0. The highest BCUT2D eigenvalue weighted by Crippen LogP contribution is 2.24. The largest absolute Gasteiger partial charge is 0.444 e. The first kappa shape index (κ1) is 12.7. The van der Waals surface area contributed by atoms with E-state index in [1.807, 2.05) is 25.7 Å². The zero-order chi connectivity index (χ0) is 12.5. The van der Waals surface area contributed by atoms with E-state index in [2.05, 4.69) is 5.32 Å². The molecule has 0 bridgehead atoms. The van der Waals surface area contributed by atoms with E-state index >= 15 is 0 Å². The van der Waals surface area contributed by atoms with Gasteiger partial charge >= 0.3 is 6.09 Å². The summed E-state index contributed by atoms with van der Waals surface area (Å²) < 4.78 is 5.38. The van der Waals surface area contributed by atoms with Gasteiger partial charge in [-0.25, -0.2) is 4.79 Å². The van der Waals surface area contributed by atoms with Crippen molar-refractivity contribution in [3.8, 4) is 0 Å². The summed E-state index contributed by atoms with van der Waals surface area (Å²) in [6.07, 6.45) is 4.66. The second kappa shape index (κ2) is 4.84. The molecule has 0 aromatic carbocycles. The molecule has 1 heterocycles. The van der Waals surface area contributed by atoms with Crippen molar-refractivity contribution in [3.63, 3.8) is 0 Å². The standard InChI is InChI=1S/C13H24N2O2/c1-13(2,3)17-12(16)15-9-7-11(15)6-8-14-10-4-5-10/h10-11,14H,4-9H2,1-3H3. The van der Waals surface area contributed by atoms with E-state index in [1.54, 1.807) is 0 Å². The van der Waals surface area contributed by atoms with Crippen LogP contribution in [0.4, 0.5) is 4.79 Å². The molecule has 1 aliphatic heterocycles. The summed E-state index contributed by atoms with van der Waals surface area (Å²) in [6, 6.07) is 1.14. The van der Waals surface area contributed by atoms with Gasteiger partial charge in [-0.05, 0) is 53.0 Å². The van der Waals surface area contributed by atoms with Crippen LogP contribution in [0.3, 0.4) is 0 Å². The van der Waals surface area contributed by atoms with E-state index in [0.29, 0.717) is 6.04 Å². The molecule has 1 unspecified atom stereocenters. The fraction of sp³-hybridized carbons (Fsp3) is 0.923. The Morgan fingerprint density at radius 1 is 1.35 bits per heavy atom. The van der Waals surface area contributed by atoms with Gasteiger partial charge in [0.2, 0.25) is 0 Å². The average molecular weight is 240 g/mol. The Labute approximate surface area is 104 Å². The number of nitrogens with one attached hydrogen (secondary N) is 1. The average Bonchev–Trinajstić information content (AvgIpc) is 2.90. The minimum absolute atomic E-state index is 0.153. The van der Waals surface area contributed by atoms with E-state index in [9.17, 15) is 4.79 Å². The summed E-state index contributed by atoms with van der Waals surface area (Å²) in [5.74, 6) is 0. The van der Waals surface area contributed by atoms with Crippen LogP contribution < -0.4 is 5.32 Å². The van der Waals surface area contributed by atoms with Crippen molar-refractivity contribution in [2.75, 3.05) is 13.1 Å². The minimum Gasteiger partial charge on any atom is -0.444 e. The molecule has 0 aromatic heterocycles. The van der Waals surface area contributed by atoms with Crippen molar-refractivity contribution in [2.24, 2.45) is 0 Å². The Morgan fingerprint density at radius 2 is 2.06 bits per heavy atom. The second-order valence-corrected chi connectivity index (χ2v) is 6.13. The molecule has 1 aliphatic carbocycles. The van der Waals surface area contributed by atoms with Gasteiger partial charge in [0.05, 0.1) is 0 Å². The number of amides is 1. The molecule has 98 valence electrons. The van der Waals surface area contributed by atoms with Gasteiger partial charge in [-0.2, -0.15) is 0 Å². The van der Waals surface area contributed by atoms with Crippen LogP contribution in [0.25, 0.3) is 0 Å². The highest BCUT2D eigenvalue weighted by molar-refractivity contribution is 5.69. The van der Waals surface area contributed by atoms with Gasteiger partial charge in [0.25, 0.3) is 0 Å². The monoisotopic (exact) mass is 240 g/mol. The fourth-order valence-corrected chi connectivity index (χ4v) is 2.04. The molecule has 0 aromatic rings. The van der Waals surface area contributed by atoms with Crippen LogP contribution in [0.15, 0.2) is 0 Å². The zero-order valence-corrected chi connectivity index (χ0v) is 11.2. The second-order valence-electron chi connectivity index (χ2n) is 6.13. The third-order valence-electron chi connectivity index (χ3n) is 3.26. The number of hydrogen-bond donors (Lipinski definition) is 1. The molecule has 4 heteroatoms. The summed E-state index contributed by atoms with van der Waals surface area (Å²) in [7, 11) is 0. The van der Waals surface area contributed by atoms with E-state index in [-0.39, 0.29) is 11.7 Å². The number of rotatable bonds is 4. The number of carbonyl (C=O) groups excluding carboxylic acids is 1. The van der Waals surface area contributed by atoms with Crippen molar-refractivity contribution >= 4 is 6.09 Å². The van der Waals surface area contributed by atoms with Crippen molar-refractivity contribution < 1.29 is 9.53 Å². The van der Waals surface area contributed by atoms with Crippen LogP contribution >= 0.6 is 0 Å². The Balaban J connectivity index is 1.67. The van der Waals surface area contributed by atoms with Crippen molar-refractivity contribution in [1.82, 2.24) is 10.2 Å². The summed E-state index contributed by atoms with van der Waals surface area (Å²) in [4.78, 5) is 13.7. The molecular weight excluding hydrogens is 216 g/mol. The molecule has 1 saturated heterocycles. The summed E-state index contributed by atoms with van der Waals surface area (Å²) in [5, 5.41) is 3.48. The molecule has 2 rings (SSSR count). The first-order valence-electron chi connectivity index (χ1n) is 6.69. The van der Waals surface area contributed by atoms with Crippen LogP contribution in [0, 0.1) is 0 Å². The van der Waals surface area contributed by atoms with Gasteiger partial charge in [-0.1, -0.05) is 0 Å². The maximum absolute atomic E-state index is 11.8. The van der Waals surface area contributed by atoms with Crippen LogP contribution in [0.2, 0.25) is 0 Å². The van der Waals surface area contributed by atoms with E-state index in [4.69, 9.17) is 4.74 Å². The van der Waals surface area contributed by atoms with E-state index in [0.717, 1.165) is 32.0 Å². The van der Waals surface area contributed by atoms with Crippen molar-refractivity contribution in [1.29, 1.82) is 0 Å². The lowest BCUT2D eigenvalue weighted by atomic mass is 10.0. The molecule has 17 heavy (non-hydrogen) atoms. The normalized spacial score (nSPS) is 24.4. The van der Waals surface area contributed by atoms with Crippen molar-refractivity contribution in [3.05, 3.63) is 0 Å². The van der Waals surface area contributed by atoms with E-state index < -0.39 is 0 Å². The SMILES string of the molecule is CC(C)(C)OC(=O)N1CCC1CCNC1CC1. The molecule has 0 radical (unpaired) electrons. The minimum atomic E-state index is -0.385. The van der Waals surface area contributed by atoms with Gasteiger partial charge in [0.1, 0.15) is 5.60 Å². The van der Waals surface area contributed by atoms with Crippen LogP contribution in [0.1, 0.15) is 46.5 Å². The van der Waals surface area contributed by atoms with Crippen LogP contribution in [-0.2, 0) is 4.74 Å². The third-order valence-corrected chi connectivity index (χ3v) is 3.26. The third kappa shape index (κ3) is 3.87. The molecule has 2 aliphatic rings. The predicted octanol–water partition coefficient (Wildman–Crippen LogP) is 2.14. The van der Waals surface area contributed by atoms with Gasteiger partial charge in [-0.3, -0.25) is 0 Å². The summed E-state index contributed by atoms with van der Waals surface area (Å²) in [5.41, 5.74) is -0.385. The first-order chi connectivity index (χ1) is 7.96. The Hall–Kier alpha value is -0.770. The predicted molar refractivity (Wildman–Crippen MR) is 67.0 cm³/mol. The van der Waals surface area contributed by atoms with Crippen molar-refractivity contribution in [2.45, 2.75) is 64.1 Å². The number of ether oxygens (including phenoxy) is 1. The lowest BCUT2D eigenvalue weighted by Crippen LogP contribution is -2.53. The molecule has 1 saturated carbocycles. The lowest BCUT2D eigenvalue weighted by Gasteiger charge is -2.41. The number of hydrogen-bond acceptors (Lipinski definition) is 3.